The minimum atomic E-state index is -3.80. The van der Waals surface area contributed by atoms with Gasteiger partial charge in [0.05, 0.1) is 19.2 Å². The zero-order valence-electron chi connectivity index (χ0n) is 16.8. The normalized spacial score (nSPS) is 11.1. The van der Waals surface area contributed by atoms with Crippen LogP contribution in [0.4, 0.5) is 5.69 Å². The molecule has 2 rings (SSSR count). The summed E-state index contributed by atoms with van der Waals surface area (Å²) in [5.74, 6) is -0.702. The zero-order valence-corrected chi connectivity index (χ0v) is 18.3. The number of sulfonamides is 1. The molecule has 11 heteroatoms. The number of hydrogen-bond acceptors (Lipinski definition) is 7. The van der Waals surface area contributed by atoms with Gasteiger partial charge in [0.1, 0.15) is 22.0 Å². The molecule has 0 aromatic heterocycles. The Hall–Kier alpha value is -2.82. The number of benzene rings is 2. The van der Waals surface area contributed by atoms with E-state index in [0.29, 0.717) is 5.75 Å². The summed E-state index contributed by atoms with van der Waals surface area (Å²) in [7, 11) is 1.79. The number of nitrogens with one attached hydrogen (secondary N) is 1. The summed E-state index contributed by atoms with van der Waals surface area (Å²) in [6.45, 7) is -0.591. The number of carbonyl (C=O) groups is 2. The number of carbonyl (C=O) groups excluding carboxylic acids is 2. The summed E-state index contributed by atoms with van der Waals surface area (Å²) in [6, 6.07) is 8.53. The SMILES string of the molecule is COc1ccc(C(=O)OCC(=O)Nc2ccc(Cl)c(S(=O)(=O)N(C)C)c2)c(OC)c1. The van der Waals surface area contributed by atoms with E-state index in [2.05, 4.69) is 5.32 Å². The Morgan fingerprint density at radius 3 is 2.37 bits per heavy atom. The third-order valence-corrected chi connectivity index (χ3v) is 6.23. The van der Waals surface area contributed by atoms with Crippen LogP contribution in [0.2, 0.25) is 5.02 Å². The molecule has 0 aliphatic heterocycles. The van der Waals surface area contributed by atoms with Crippen molar-refractivity contribution in [1.82, 2.24) is 4.31 Å². The van der Waals surface area contributed by atoms with E-state index < -0.39 is 28.5 Å². The molecule has 0 unspecified atom stereocenters. The molecule has 0 spiro atoms. The molecule has 0 fully saturated rings. The molecule has 1 amide bonds. The number of amides is 1. The van der Waals surface area contributed by atoms with Crippen molar-refractivity contribution in [3.05, 3.63) is 47.0 Å². The van der Waals surface area contributed by atoms with Gasteiger partial charge in [-0.1, -0.05) is 11.6 Å². The second-order valence-corrected chi connectivity index (χ2v) is 8.65. The molecule has 0 aliphatic carbocycles. The number of anilines is 1. The Balaban J connectivity index is 2.08. The molecule has 2 aromatic carbocycles. The Morgan fingerprint density at radius 1 is 1.07 bits per heavy atom. The van der Waals surface area contributed by atoms with Gasteiger partial charge in [-0.15, -0.1) is 0 Å². The van der Waals surface area contributed by atoms with Gasteiger partial charge in [-0.3, -0.25) is 4.79 Å². The molecular formula is C19H21ClN2O7S. The number of halogens is 1. The molecule has 0 atom stereocenters. The highest BCUT2D eigenvalue weighted by molar-refractivity contribution is 7.89. The molecule has 0 saturated carbocycles. The Bertz CT molecular complexity index is 1050. The van der Waals surface area contributed by atoms with Crippen molar-refractivity contribution in [3.63, 3.8) is 0 Å². The highest BCUT2D eigenvalue weighted by Gasteiger charge is 2.22. The number of nitrogens with zero attached hydrogens (tertiary/aromatic N) is 1. The molecule has 2 aromatic rings. The fourth-order valence-electron chi connectivity index (χ4n) is 2.35. The van der Waals surface area contributed by atoms with Crippen LogP contribution in [-0.2, 0) is 19.6 Å². The average Bonchev–Trinajstić information content (AvgIpc) is 2.72. The Kier molecular flexibility index (Phi) is 7.65. The van der Waals surface area contributed by atoms with E-state index >= 15 is 0 Å². The average molecular weight is 457 g/mol. The lowest BCUT2D eigenvalue weighted by molar-refractivity contribution is -0.119. The maximum Gasteiger partial charge on any atom is 0.342 e. The number of methoxy groups -OCH3 is 2. The van der Waals surface area contributed by atoms with Crippen molar-refractivity contribution < 1.29 is 32.2 Å². The van der Waals surface area contributed by atoms with E-state index in [9.17, 15) is 18.0 Å². The summed E-state index contributed by atoms with van der Waals surface area (Å²) in [5, 5.41) is 2.48. The van der Waals surface area contributed by atoms with Crippen LogP contribution in [0, 0.1) is 0 Å². The maximum atomic E-state index is 12.3. The highest BCUT2D eigenvalue weighted by Crippen LogP contribution is 2.27. The topological polar surface area (TPSA) is 111 Å². The quantitative estimate of drug-likeness (QED) is 0.607. The third kappa shape index (κ3) is 5.41. The van der Waals surface area contributed by atoms with Crippen molar-refractivity contribution in [3.8, 4) is 11.5 Å². The van der Waals surface area contributed by atoms with E-state index in [1.54, 1.807) is 6.07 Å². The van der Waals surface area contributed by atoms with E-state index in [-0.39, 0.29) is 26.9 Å². The van der Waals surface area contributed by atoms with Crippen molar-refractivity contribution >= 4 is 39.2 Å². The van der Waals surface area contributed by atoms with Gasteiger partial charge >= 0.3 is 5.97 Å². The van der Waals surface area contributed by atoms with Gasteiger partial charge in [0.2, 0.25) is 10.0 Å². The minimum absolute atomic E-state index is 0.0136. The van der Waals surface area contributed by atoms with Crippen LogP contribution in [0.3, 0.4) is 0 Å². The molecule has 0 aliphatic rings. The van der Waals surface area contributed by atoms with Crippen LogP contribution in [0.5, 0.6) is 11.5 Å². The number of ether oxygens (including phenoxy) is 3. The fraction of sp³-hybridized carbons (Fsp3) is 0.263. The smallest absolute Gasteiger partial charge is 0.342 e. The first-order chi connectivity index (χ1) is 14.1. The highest BCUT2D eigenvalue weighted by atomic mass is 35.5. The maximum absolute atomic E-state index is 12.3. The zero-order chi connectivity index (χ0) is 22.5. The molecule has 30 heavy (non-hydrogen) atoms. The van der Waals surface area contributed by atoms with Gasteiger partial charge in [-0.25, -0.2) is 17.5 Å². The lowest BCUT2D eigenvalue weighted by Crippen LogP contribution is -2.23. The predicted molar refractivity (Wildman–Crippen MR) is 111 cm³/mol. The first-order valence-corrected chi connectivity index (χ1v) is 10.3. The van der Waals surface area contributed by atoms with Crippen LogP contribution < -0.4 is 14.8 Å². The van der Waals surface area contributed by atoms with Crippen LogP contribution in [-0.4, -0.2) is 59.5 Å². The third-order valence-electron chi connectivity index (χ3n) is 3.94. The van der Waals surface area contributed by atoms with Crippen molar-refractivity contribution in [2.45, 2.75) is 4.90 Å². The molecular weight excluding hydrogens is 436 g/mol. The molecule has 0 radical (unpaired) electrons. The lowest BCUT2D eigenvalue weighted by Gasteiger charge is -2.14. The summed E-state index contributed by atoms with van der Waals surface area (Å²) in [4.78, 5) is 24.3. The first-order valence-electron chi connectivity index (χ1n) is 8.51. The van der Waals surface area contributed by atoms with Crippen molar-refractivity contribution in [2.24, 2.45) is 0 Å². The van der Waals surface area contributed by atoms with Crippen molar-refractivity contribution in [2.75, 3.05) is 40.2 Å². The van der Waals surface area contributed by atoms with Crippen molar-refractivity contribution in [1.29, 1.82) is 0 Å². The van der Waals surface area contributed by atoms with Gasteiger partial charge in [0.15, 0.2) is 6.61 Å². The molecule has 0 bridgehead atoms. The van der Waals surface area contributed by atoms with Gasteiger partial charge in [-0.05, 0) is 30.3 Å². The van der Waals surface area contributed by atoms with E-state index in [1.807, 2.05) is 0 Å². The largest absolute Gasteiger partial charge is 0.497 e. The Labute approximate surface area is 179 Å². The summed E-state index contributed by atoms with van der Waals surface area (Å²) < 4.78 is 40.8. The number of hydrogen-bond donors (Lipinski definition) is 1. The van der Waals surface area contributed by atoms with E-state index in [1.165, 1.54) is 58.6 Å². The minimum Gasteiger partial charge on any atom is -0.497 e. The molecule has 1 N–H and O–H groups in total. The van der Waals surface area contributed by atoms with E-state index in [4.69, 9.17) is 25.8 Å². The van der Waals surface area contributed by atoms with E-state index in [0.717, 1.165) is 4.31 Å². The molecule has 0 heterocycles. The fourth-order valence-corrected chi connectivity index (χ4v) is 3.74. The summed E-state index contributed by atoms with van der Waals surface area (Å²) in [6.07, 6.45) is 0. The lowest BCUT2D eigenvalue weighted by atomic mass is 10.2. The molecule has 9 nitrogen and oxygen atoms in total. The predicted octanol–water partition coefficient (Wildman–Crippen LogP) is 2.40. The molecule has 0 saturated heterocycles. The van der Waals surface area contributed by atoms with Crippen LogP contribution >= 0.6 is 11.6 Å². The number of rotatable bonds is 8. The van der Waals surface area contributed by atoms with Gasteiger partial charge in [0, 0.05) is 25.8 Å². The van der Waals surface area contributed by atoms with Crippen LogP contribution in [0.25, 0.3) is 0 Å². The van der Waals surface area contributed by atoms with Gasteiger partial charge in [0.25, 0.3) is 5.91 Å². The van der Waals surface area contributed by atoms with Crippen LogP contribution in [0.15, 0.2) is 41.3 Å². The standard InChI is InChI=1S/C19H21ClN2O7S/c1-22(2)30(25,26)17-9-12(5-8-15(17)20)21-18(23)11-29-19(24)14-7-6-13(27-3)10-16(14)28-4/h5-10H,11H2,1-4H3,(H,21,23). The second kappa shape index (κ2) is 9.79. The summed E-state index contributed by atoms with van der Waals surface area (Å²) >= 11 is 5.97. The summed E-state index contributed by atoms with van der Waals surface area (Å²) in [5.41, 5.74) is 0.305. The van der Waals surface area contributed by atoms with Gasteiger partial charge in [-0.2, -0.15) is 0 Å². The number of esters is 1. The monoisotopic (exact) mass is 456 g/mol. The second-order valence-electron chi connectivity index (χ2n) is 6.12. The van der Waals surface area contributed by atoms with Gasteiger partial charge < -0.3 is 19.5 Å². The Morgan fingerprint density at radius 2 is 1.77 bits per heavy atom. The van der Waals surface area contributed by atoms with Crippen LogP contribution in [0.1, 0.15) is 10.4 Å². The molecule has 162 valence electrons. The first kappa shape index (κ1) is 23.5.